The maximum absolute atomic E-state index is 11.4. The molecule has 1 atom stereocenters. The highest BCUT2D eigenvalue weighted by molar-refractivity contribution is 6.46. The molecule has 1 unspecified atom stereocenters. The van der Waals surface area contributed by atoms with Gasteiger partial charge in [0.15, 0.2) is 5.78 Å². The van der Waals surface area contributed by atoms with Gasteiger partial charge in [-0.2, -0.15) is 0 Å². The average molecular weight is 194 g/mol. The molecule has 0 aromatic carbocycles. The number of carbonyl (C=O) groups excluding carboxylic acids is 1. The van der Waals surface area contributed by atoms with E-state index in [0.717, 1.165) is 5.57 Å². The van der Waals surface area contributed by atoms with E-state index in [9.17, 15) is 4.79 Å². The maximum Gasteiger partial charge on any atom is 0.170 e. The first-order chi connectivity index (χ1) is 6.18. The predicted molar refractivity (Wildman–Crippen MR) is 52.8 cm³/mol. The fourth-order valence-electron chi connectivity index (χ4n) is 1.47. The second-order valence-electron chi connectivity index (χ2n) is 3.11. The van der Waals surface area contributed by atoms with Crippen molar-refractivity contribution in [3.05, 3.63) is 35.0 Å². The van der Waals surface area contributed by atoms with Gasteiger partial charge in [-0.3, -0.25) is 9.79 Å². The number of allylic oxidation sites excluding steroid dienone is 5. The summed E-state index contributed by atoms with van der Waals surface area (Å²) in [6, 6.07) is 0. The molecule has 0 N–H and O–H groups in total. The second kappa shape index (κ2) is 2.96. The molecule has 3 heteroatoms. The Kier molecular flexibility index (Phi) is 1.93. The third-order valence-electron chi connectivity index (χ3n) is 2.08. The van der Waals surface area contributed by atoms with Gasteiger partial charge in [-0.25, -0.2) is 0 Å². The van der Waals surface area contributed by atoms with E-state index < -0.39 is 0 Å². The van der Waals surface area contributed by atoms with Crippen LogP contribution in [0.15, 0.2) is 40.0 Å². The first-order valence-electron chi connectivity index (χ1n) is 4.02. The van der Waals surface area contributed by atoms with Crippen molar-refractivity contribution in [1.82, 2.24) is 0 Å². The van der Waals surface area contributed by atoms with Crippen LogP contribution in [-0.4, -0.2) is 11.5 Å². The van der Waals surface area contributed by atoms with Crippen LogP contribution in [0.4, 0.5) is 0 Å². The smallest absolute Gasteiger partial charge is 0.170 e. The average Bonchev–Trinajstić information content (AvgIpc) is 2.07. The summed E-state index contributed by atoms with van der Waals surface area (Å²) in [4.78, 5) is 15.5. The van der Waals surface area contributed by atoms with Crippen LogP contribution in [0.3, 0.4) is 0 Å². The lowest BCUT2D eigenvalue weighted by Crippen LogP contribution is -2.25. The van der Waals surface area contributed by atoms with E-state index in [1.165, 1.54) is 12.3 Å². The monoisotopic (exact) mass is 193 g/mol. The normalized spacial score (nSPS) is 26.2. The lowest BCUT2D eigenvalue weighted by molar-refractivity contribution is -0.115. The summed E-state index contributed by atoms with van der Waals surface area (Å²) < 4.78 is 0. The Morgan fingerprint density at radius 2 is 2.31 bits per heavy atom. The zero-order chi connectivity index (χ0) is 9.42. The van der Waals surface area contributed by atoms with Crippen LogP contribution in [0.2, 0.25) is 0 Å². The van der Waals surface area contributed by atoms with Gasteiger partial charge in [0, 0.05) is 12.3 Å². The minimum Gasteiger partial charge on any atom is -0.294 e. The Morgan fingerprint density at radius 1 is 1.54 bits per heavy atom. The molecule has 1 aliphatic carbocycles. The summed E-state index contributed by atoms with van der Waals surface area (Å²) in [5.41, 5.74) is 1.68. The van der Waals surface area contributed by atoms with E-state index in [4.69, 9.17) is 11.6 Å². The van der Waals surface area contributed by atoms with Crippen molar-refractivity contribution in [2.24, 2.45) is 10.9 Å². The van der Waals surface area contributed by atoms with Crippen LogP contribution in [-0.2, 0) is 4.79 Å². The van der Waals surface area contributed by atoms with Crippen LogP contribution in [0.1, 0.15) is 6.92 Å². The Balaban J connectivity index is 2.50. The summed E-state index contributed by atoms with van der Waals surface area (Å²) in [5.74, 6) is -0.210. The Bertz CT molecular complexity index is 388. The summed E-state index contributed by atoms with van der Waals surface area (Å²) in [5, 5.41) is 0.572. The summed E-state index contributed by atoms with van der Waals surface area (Å²) >= 11 is 5.95. The molecule has 0 amide bonds. The molecule has 2 nitrogen and oxygen atoms in total. The third kappa shape index (κ3) is 1.38. The van der Waals surface area contributed by atoms with Gasteiger partial charge >= 0.3 is 0 Å². The SMILES string of the molecule is CC1=CC2C(=O)C=CN=C2C(Cl)=C1. The van der Waals surface area contributed by atoms with E-state index >= 15 is 0 Å². The fourth-order valence-corrected chi connectivity index (χ4v) is 1.80. The van der Waals surface area contributed by atoms with Crippen molar-refractivity contribution in [3.8, 4) is 0 Å². The van der Waals surface area contributed by atoms with E-state index in [1.807, 2.05) is 19.1 Å². The molecule has 0 fully saturated rings. The van der Waals surface area contributed by atoms with Crippen LogP contribution in [0.5, 0.6) is 0 Å². The molecule has 1 aliphatic heterocycles. The maximum atomic E-state index is 11.4. The first-order valence-corrected chi connectivity index (χ1v) is 4.40. The Labute approximate surface area is 81.3 Å². The lowest BCUT2D eigenvalue weighted by Gasteiger charge is -2.19. The van der Waals surface area contributed by atoms with Crippen molar-refractivity contribution in [1.29, 1.82) is 0 Å². The van der Waals surface area contributed by atoms with Crippen LogP contribution < -0.4 is 0 Å². The van der Waals surface area contributed by atoms with Crippen LogP contribution in [0, 0.1) is 5.92 Å². The standard InChI is InChI=1S/C10H8ClNO/c1-6-4-7-9(13)2-3-12-10(7)8(11)5-6/h2-5,7H,1H3. The highest BCUT2D eigenvalue weighted by Crippen LogP contribution is 2.26. The van der Waals surface area contributed by atoms with Crippen molar-refractivity contribution in [2.75, 3.05) is 0 Å². The molecule has 0 saturated heterocycles. The van der Waals surface area contributed by atoms with Gasteiger partial charge in [0.2, 0.25) is 0 Å². The number of nitrogens with zero attached hydrogens (tertiary/aromatic N) is 1. The minimum atomic E-state index is -0.262. The van der Waals surface area contributed by atoms with Gasteiger partial charge in [-0.15, -0.1) is 0 Å². The predicted octanol–water partition coefficient (Wildman–Crippen LogP) is 2.22. The molecule has 0 bridgehead atoms. The van der Waals surface area contributed by atoms with Gasteiger partial charge in [0.25, 0.3) is 0 Å². The Hall–Kier alpha value is -1.15. The zero-order valence-electron chi connectivity index (χ0n) is 7.12. The number of carbonyl (C=O) groups is 1. The van der Waals surface area contributed by atoms with Gasteiger partial charge < -0.3 is 0 Å². The molecule has 0 radical (unpaired) electrons. The topological polar surface area (TPSA) is 29.4 Å². The number of ketones is 1. The number of rotatable bonds is 0. The van der Waals surface area contributed by atoms with Gasteiger partial charge in [-0.05, 0) is 13.0 Å². The van der Waals surface area contributed by atoms with Crippen LogP contribution >= 0.6 is 11.6 Å². The number of halogens is 1. The summed E-state index contributed by atoms with van der Waals surface area (Å²) in [6.07, 6.45) is 6.69. The van der Waals surface area contributed by atoms with Crippen molar-refractivity contribution in [3.63, 3.8) is 0 Å². The molecule has 2 rings (SSSR count). The molecule has 1 heterocycles. The van der Waals surface area contributed by atoms with Gasteiger partial charge in [0.05, 0.1) is 16.7 Å². The molecule has 0 aromatic rings. The molecule has 13 heavy (non-hydrogen) atoms. The van der Waals surface area contributed by atoms with E-state index in [-0.39, 0.29) is 11.7 Å². The minimum absolute atomic E-state index is 0.0515. The largest absolute Gasteiger partial charge is 0.294 e. The fraction of sp³-hybridized carbons (Fsp3) is 0.200. The number of aliphatic imine (C=N–C) groups is 1. The number of hydrogen-bond acceptors (Lipinski definition) is 2. The lowest BCUT2D eigenvalue weighted by atomic mass is 9.89. The molecular formula is C10H8ClNO. The highest BCUT2D eigenvalue weighted by Gasteiger charge is 2.27. The number of fused-ring (bicyclic) bond motifs is 1. The first kappa shape index (κ1) is 8.45. The molecule has 2 aliphatic rings. The summed E-state index contributed by atoms with van der Waals surface area (Å²) in [7, 11) is 0. The zero-order valence-corrected chi connectivity index (χ0v) is 7.88. The van der Waals surface area contributed by atoms with Gasteiger partial charge in [-0.1, -0.05) is 23.3 Å². The summed E-state index contributed by atoms with van der Waals surface area (Å²) in [6.45, 7) is 1.92. The van der Waals surface area contributed by atoms with Crippen molar-refractivity contribution in [2.45, 2.75) is 6.92 Å². The molecule has 0 spiro atoms. The van der Waals surface area contributed by atoms with E-state index in [1.54, 1.807) is 0 Å². The third-order valence-corrected chi connectivity index (χ3v) is 2.38. The van der Waals surface area contributed by atoms with E-state index in [2.05, 4.69) is 4.99 Å². The Morgan fingerprint density at radius 3 is 3.08 bits per heavy atom. The number of hydrogen-bond donors (Lipinski definition) is 0. The molecule has 0 aromatic heterocycles. The van der Waals surface area contributed by atoms with Crippen molar-refractivity contribution >= 4 is 23.1 Å². The molecule has 0 saturated carbocycles. The molecule has 66 valence electrons. The quantitative estimate of drug-likeness (QED) is 0.580. The van der Waals surface area contributed by atoms with Gasteiger partial charge in [0.1, 0.15) is 0 Å². The highest BCUT2D eigenvalue weighted by atomic mass is 35.5. The second-order valence-corrected chi connectivity index (χ2v) is 3.52. The van der Waals surface area contributed by atoms with Crippen molar-refractivity contribution < 1.29 is 4.79 Å². The van der Waals surface area contributed by atoms with E-state index in [0.29, 0.717) is 10.7 Å². The molecular weight excluding hydrogens is 186 g/mol. The van der Waals surface area contributed by atoms with Crippen LogP contribution in [0.25, 0.3) is 0 Å².